The highest BCUT2D eigenvalue weighted by molar-refractivity contribution is 7.91. The first-order valence-corrected chi connectivity index (χ1v) is 8.57. The van der Waals surface area contributed by atoms with Gasteiger partial charge in [-0.05, 0) is 11.4 Å². The lowest BCUT2D eigenvalue weighted by atomic mass is 10.4. The van der Waals surface area contributed by atoms with Crippen molar-refractivity contribution in [1.82, 2.24) is 19.6 Å². The molecule has 0 saturated carbocycles. The molecule has 0 aromatic carbocycles. The van der Waals surface area contributed by atoms with Crippen LogP contribution in [0.4, 0.5) is 0 Å². The van der Waals surface area contributed by atoms with Gasteiger partial charge < -0.3 is 10.3 Å². The van der Waals surface area contributed by atoms with Gasteiger partial charge in [0.25, 0.3) is 10.0 Å². The van der Waals surface area contributed by atoms with Gasteiger partial charge in [0.2, 0.25) is 5.91 Å². The van der Waals surface area contributed by atoms with Crippen LogP contribution in [0.15, 0.2) is 34.1 Å². The Labute approximate surface area is 127 Å². The molecule has 7 nitrogen and oxygen atoms in total. The fourth-order valence-corrected chi connectivity index (χ4v) is 3.99. The summed E-state index contributed by atoms with van der Waals surface area (Å²) in [6.45, 7) is 0.192. The van der Waals surface area contributed by atoms with Gasteiger partial charge in [0.1, 0.15) is 10.0 Å². The number of carbonyl (C=O) groups is 1. The van der Waals surface area contributed by atoms with Gasteiger partial charge in [-0.3, -0.25) is 4.79 Å². The number of H-pyrrole nitrogens is 1. The minimum absolute atomic E-state index is 0.210. The number of amides is 1. The number of likely N-dealkylation sites (N-methyl/N-ethyl adjacent to an activating group) is 1. The first-order valence-electron chi connectivity index (χ1n) is 6.25. The lowest BCUT2D eigenvalue weighted by Crippen LogP contribution is -2.38. The Balaban J connectivity index is 1.82. The predicted molar refractivity (Wildman–Crippen MR) is 79.4 cm³/mol. The molecule has 0 unspecified atom stereocenters. The van der Waals surface area contributed by atoms with E-state index in [0.29, 0.717) is 13.0 Å². The molecule has 21 heavy (non-hydrogen) atoms. The summed E-state index contributed by atoms with van der Waals surface area (Å²) in [4.78, 5) is 18.7. The predicted octanol–water partition coefficient (Wildman–Crippen LogP) is 0.451. The van der Waals surface area contributed by atoms with Crippen LogP contribution in [-0.4, -0.2) is 48.7 Å². The summed E-state index contributed by atoms with van der Waals surface area (Å²) in [5.74, 6) is 0.430. The third kappa shape index (κ3) is 4.13. The van der Waals surface area contributed by atoms with Crippen molar-refractivity contribution in [3.63, 3.8) is 0 Å². The summed E-state index contributed by atoms with van der Waals surface area (Å²) in [6.07, 6.45) is 3.91. The zero-order valence-corrected chi connectivity index (χ0v) is 13.1. The molecule has 2 aromatic heterocycles. The summed E-state index contributed by atoms with van der Waals surface area (Å²) in [5.41, 5.74) is 0. The first-order chi connectivity index (χ1) is 10.00. The SMILES string of the molecule is CN(CC(=O)NCCc1ncc[nH]1)S(=O)(=O)c1cccs1. The fraction of sp³-hybridized carbons (Fsp3) is 0.333. The largest absolute Gasteiger partial charge is 0.355 e. The third-order valence-corrected chi connectivity index (χ3v) is 5.94. The molecule has 0 aliphatic rings. The molecule has 2 N–H and O–H groups in total. The molecule has 114 valence electrons. The molecule has 0 aliphatic heterocycles. The standard InChI is InChI=1S/C12H16N4O3S2/c1-16(21(18,19)12-3-2-8-20-12)9-11(17)15-5-4-10-13-6-7-14-10/h2-3,6-8H,4-5,9H2,1H3,(H,13,14)(H,15,17). The number of aromatic nitrogens is 2. The molecule has 2 heterocycles. The van der Waals surface area contributed by atoms with Crippen molar-refractivity contribution < 1.29 is 13.2 Å². The van der Waals surface area contributed by atoms with Crippen LogP contribution in [0.1, 0.15) is 5.82 Å². The second-order valence-corrected chi connectivity index (χ2v) is 7.55. The normalized spacial score (nSPS) is 11.7. The van der Waals surface area contributed by atoms with E-state index in [9.17, 15) is 13.2 Å². The molecule has 9 heteroatoms. The number of hydrogen-bond acceptors (Lipinski definition) is 5. The van der Waals surface area contributed by atoms with Crippen LogP contribution in [0, 0.1) is 0 Å². The van der Waals surface area contributed by atoms with Gasteiger partial charge in [-0.25, -0.2) is 13.4 Å². The van der Waals surface area contributed by atoms with Crippen molar-refractivity contribution in [2.75, 3.05) is 20.1 Å². The number of nitrogens with zero attached hydrogens (tertiary/aromatic N) is 2. The fourth-order valence-electron chi connectivity index (χ4n) is 1.66. The van der Waals surface area contributed by atoms with Crippen molar-refractivity contribution >= 4 is 27.3 Å². The smallest absolute Gasteiger partial charge is 0.252 e. The zero-order valence-electron chi connectivity index (χ0n) is 11.4. The summed E-state index contributed by atoms with van der Waals surface area (Å²) < 4.78 is 25.5. The van der Waals surface area contributed by atoms with Crippen molar-refractivity contribution in [1.29, 1.82) is 0 Å². The van der Waals surface area contributed by atoms with E-state index >= 15 is 0 Å². The summed E-state index contributed by atoms with van der Waals surface area (Å²) in [6, 6.07) is 3.18. The van der Waals surface area contributed by atoms with Gasteiger partial charge >= 0.3 is 0 Å². The van der Waals surface area contributed by atoms with Gasteiger partial charge in [0.05, 0.1) is 6.54 Å². The third-order valence-electron chi connectivity index (χ3n) is 2.76. The Kier molecular flexibility index (Phi) is 5.10. The maximum absolute atomic E-state index is 12.1. The van der Waals surface area contributed by atoms with Gasteiger partial charge in [-0.2, -0.15) is 4.31 Å². The van der Waals surface area contributed by atoms with Crippen molar-refractivity contribution in [2.24, 2.45) is 0 Å². The highest BCUT2D eigenvalue weighted by atomic mass is 32.2. The maximum Gasteiger partial charge on any atom is 0.252 e. The average molecular weight is 328 g/mol. The average Bonchev–Trinajstić information content (AvgIpc) is 3.12. The summed E-state index contributed by atoms with van der Waals surface area (Å²) in [5, 5.41) is 4.35. The topological polar surface area (TPSA) is 95.2 Å². The first kappa shape index (κ1) is 15.7. The molecule has 0 radical (unpaired) electrons. The van der Waals surface area contributed by atoms with E-state index in [1.54, 1.807) is 23.8 Å². The van der Waals surface area contributed by atoms with Crippen molar-refractivity contribution in [3.8, 4) is 0 Å². The highest BCUT2D eigenvalue weighted by Crippen LogP contribution is 2.19. The van der Waals surface area contributed by atoms with Crippen LogP contribution in [0.3, 0.4) is 0 Å². The Bertz CT molecular complexity index is 665. The number of rotatable bonds is 7. The number of sulfonamides is 1. The second-order valence-electron chi connectivity index (χ2n) is 4.33. The Hall–Kier alpha value is -1.71. The minimum atomic E-state index is -3.59. The van der Waals surface area contributed by atoms with Crippen LogP contribution < -0.4 is 5.32 Å². The monoisotopic (exact) mass is 328 g/mol. The Morgan fingerprint density at radius 3 is 2.95 bits per heavy atom. The number of hydrogen-bond donors (Lipinski definition) is 2. The molecule has 0 saturated heterocycles. The molecule has 2 aromatic rings. The number of imidazole rings is 1. The van der Waals surface area contributed by atoms with Crippen LogP contribution in [0.5, 0.6) is 0 Å². The van der Waals surface area contributed by atoms with Crippen LogP contribution in [0.25, 0.3) is 0 Å². The molecule has 2 rings (SSSR count). The van der Waals surface area contributed by atoms with Crippen molar-refractivity contribution in [3.05, 3.63) is 35.7 Å². The lowest BCUT2D eigenvalue weighted by Gasteiger charge is -2.15. The molecule has 0 atom stereocenters. The molecular weight excluding hydrogens is 312 g/mol. The van der Waals surface area contributed by atoms with E-state index in [1.807, 2.05) is 0 Å². The second kappa shape index (κ2) is 6.83. The number of carbonyl (C=O) groups excluding carboxylic acids is 1. The van der Waals surface area contributed by atoms with Gasteiger partial charge in [0.15, 0.2) is 0 Å². The van der Waals surface area contributed by atoms with Crippen LogP contribution in [-0.2, 0) is 21.2 Å². The Morgan fingerprint density at radius 2 is 2.33 bits per heavy atom. The van der Waals surface area contributed by atoms with E-state index in [-0.39, 0.29) is 16.7 Å². The number of thiophene rings is 1. The molecule has 0 spiro atoms. The zero-order chi connectivity index (χ0) is 15.3. The quantitative estimate of drug-likeness (QED) is 0.771. The highest BCUT2D eigenvalue weighted by Gasteiger charge is 2.23. The van der Waals surface area contributed by atoms with Crippen LogP contribution in [0.2, 0.25) is 0 Å². The molecule has 0 aliphatic carbocycles. The van der Waals surface area contributed by atoms with E-state index in [1.165, 1.54) is 13.1 Å². The van der Waals surface area contributed by atoms with Crippen LogP contribution >= 0.6 is 11.3 Å². The van der Waals surface area contributed by atoms with E-state index in [4.69, 9.17) is 0 Å². The molecule has 1 amide bonds. The Morgan fingerprint density at radius 1 is 1.52 bits per heavy atom. The van der Waals surface area contributed by atoms with Crippen molar-refractivity contribution in [2.45, 2.75) is 10.6 Å². The summed E-state index contributed by atoms with van der Waals surface area (Å²) >= 11 is 1.13. The van der Waals surface area contributed by atoms with Gasteiger partial charge in [-0.1, -0.05) is 6.07 Å². The van der Waals surface area contributed by atoms with E-state index in [0.717, 1.165) is 21.5 Å². The number of nitrogens with one attached hydrogen (secondary N) is 2. The van der Waals surface area contributed by atoms with E-state index < -0.39 is 10.0 Å². The lowest BCUT2D eigenvalue weighted by molar-refractivity contribution is -0.121. The van der Waals surface area contributed by atoms with Gasteiger partial charge in [0, 0.05) is 32.4 Å². The minimum Gasteiger partial charge on any atom is -0.355 e. The van der Waals surface area contributed by atoms with E-state index in [2.05, 4.69) is 15.3 Å². The maximum atomic E-state index is 12.1. The molecular formula is C12H16N4O3S2. The molecule has 0 fully saturated rings. The summed E-state index contributed by atoms with van der Waals surface area (Å²) in [7, 11) is -2.20. The number of aromatic amines is 1. The van der Waals surface area contributed by atoms with Gasteiger partial charge in [-0.15, -0.1) is 11.3 Å². The molecule has 0 bridgehead atoms.